The van der Waals surface area contributed by atoms with Crippen LogP contribution >= 0.6 is 26.6 Å². The van der Waals surface area contributed by atoms with Gasteiger partial charge in [-0.3, -0.25) is 4.79 Å². The SMILES string of the molecule is CN(C(=O)c1cc(Br)cc(S(=O)(=O)Cl)c1)C1CCOC1. The highest BCUT2D eigenvalue weighted by Gasteiger charge is 2.26. The first-order chi connectivity index (χ1) is 9.29. The van der Waals surface area contributed by atoms with Crippen LogP contribution in [0.15, 0.2) is 27.6 Å². The summed E-state index contributed by atoms with van der Waals surface area (Å²) in [6.07, 6.45) is 0.775. The second-order valence-electron chi connectivity index (χ2n) is 4.55. The van der Waals surface area contributed by atoms with E-state index in [0.29, 0.717) is 17.7 Å². The van der Waals surface area contributed by atoms with Gasteiger partial charge in [-0.15, -0.1) is 0 Å². The fourth-order valence-corrected chi connectivity index (χ4v) is 3.47. The summed E-state index contributed by atoms with van der Waals surface area (Å²) in [6.45, 7) is 1.12. The minimum absolute atomic E-state index is 0.0116. The molecule has 1 fully saturated rings. The van der Waals surface area contributed by atoms with Crippen LogP contribution in [0.5, 0.6) is 0 Å². The number of likely N-dealkylation sites (N-methyl/N-ethyl adjacent to an activating group) is 1. The van der Waals surface area contributed by atoms with Gasteiger partial charge in [-0.05, 0) is 24.6 Å². The van der Waals surface area contributed by atoms with Crippen LogP contribution < -0.4 is 0 Å². The van der Waals surface area contributed by atoms with Crippen molar-refractivity contribution in [3.8, 4) is 0 Å². The van der Waals surface area contributed by atoms with Crippen LogP contribution in [0.2, 0.25) is 0 Å². The van der Waals surface area contributed by atoms with Gasteiger partial charge in [0.25, 0.3) is 15.0 Å². The van der Waals surface area contributed by atoms with Crippen LogP contribution in [0.1, 0.15) is 16.8 Å². The summed E-state index contributed by atoms with van der Waals surface area (Å²) in [6, 6.07) is 4.22. The first-order valence-corrected chi connectivity index (χ1v) is 8.99. The minimum Gasteiger partial charge on any atom is -0.379 e. The third-order valence-corrected chi connectivity index (χ3v) is 4.96. The van der Waals surface area contributed by atoms with Gasteiger partial charge in [-0.1, -0.05) is 15.9 Å². The number of ether oxygens (including phenoxy) is 1. The first kappa shape index (κ1) is 15.8. The van der Waals surface area contributed by atoms with E-state index in [1.807, 2.05) is 0 Å². The molecule has 0 radical (unpaired) electrons. The average molecular weight is 383 g/mol. The predicted molar refractivity (Wildman–Crippen MR) is 78.5 cm³/mol. The number of benzene rings is 1. The Labute approximate surface area is 130 Å². The van der Waals surface area contributed by atoms with Crippen molar-refractivity contribution in [1.82, 2.24) is 4.90 Å². The van der Waals surface area contributed by atoms with E-state index in [1.54, 1.807) is 18.0 Å². The fourth-order valence-electron chi connectivity index (χ4n) is 2.02. The van der Waals surface area contributed by atoms with Crippen molar-refractivity contribution in [2.75, 3.05) is 20.3 Å². The maximum absolute atomic E-state index is 12.4. The van der Waals surface area contributed by atoms with Crippen molar-refractivity contribution in [1.29, 1.82) is 0 Å². The molecule has 1 aromatic rings. The molecule has 1 aliphatic rings. The molecule has 1 amide bonds. The van der Waals surface area contributed by atoms with Crippen LogP contribution in [-0.2, 0) is 13.8 Å². The van der Waals surface area contributed by atoms with Crippen LogP contribution in [0.4, 0.5) is 0 Å². The molecule has 0 aromatic heterocycles. The van der Waals surface area contributed by atoms with Crippen LogP contribution in [-0.4, -0.2) is 45.5 Å². The Bertz CT molecular complexity index is 628. The van der Waals surface area contributed by atoms with Gasteiger partial charge >= 0.3 is 0 Å². The van der Waals surface area contributed by atoms with Crippen molar-refractivity contribution in [2.24, 2.45) is 0 Å². The monoisotopic (exact) mass is 381 g/mol. The molecule has 8 heteroatoms. The Morgan fingerprint density at radius 1 is 1.45 bits per heavy atom. The Morgan fingerprint density at radius 3 is 2.70 bits per heavy atom. The molecule has 2 rings (SSSR count). The van der Waals surface area contributed by atoms with Gasteiger partial charge in [-0.2, -0.15) is 0 Å². The normalized spacial score (nSPS) is 19.1. The van der Waals surface area contributed by atoms with E-state index >= 15 is 0 Å². The standard InChI is InChI=1S/C12H13BrClNO4S/c1-15(10-2-3-19-7-10)12(16)8-4-9(13)6-11(5-8)20(14,17)18/h4-6,10H,2-3,7H2,1H3. The number of rotatable bonds is 3. The summed E-state index contributed by atoms with van der Waals surface area (Å²) < 4.78 is 28.5. The average Bonchev–Trinajstić information content (AvgIpc) is 2.89. The Morgan fingerprint density at radius 2 is 2.15 bits per heavy atom. The van der Waals surface area contributed by atoms with E-state index in [9.17, 15) is 13.2 Å². The van der Waals surface area contributed by atoms with Gasteiger partial charge in [0.2, 0.25) is 0 Å². The lowest BCUT2D eigenvalue weighted by molar-refractivity contribution is 0.0711. The summed E-state index contributed by atoms with van der Waals surface area (Å²) in [5.74, 6) is -0.261. The van der Waals surface area contributed by atoms with E-state index in [1.165, 1.54) is 12.1 Å². The maximum Gasteiger partial charge on any atom is 0.261 e. The van der Waals surface area contributed by atoms with Gasteiger partial charge < -0.3 is 9.64 Å². The molecule has 1 unspecified atom stereocenters. The Kier molecular flexibility index (Phi) is 4.73. The second kappa shape index (κ2) is 6.01. The first-order valence-electron chi connectivity index (χ1n) is 5.89. The third-order valence-electron chi connectivity index (χ3n) is 3.17. The number of nitrogens with zero attached hydrogens (tertiary/aromatic N) is 1. The molecule has 1 saturated heterocycles. The molecule has 5 nitrogen and oxygen atoms in total. The van der Waals surface area contributed by atoms with Crippen LogP contribution in [0.25, 0.3) is 0 Å². The van der Waals surface area contributed by atoms with E-state index < -0.39 is 9.05 Å². The highest BCUT2D eigenvalue weighted by atomic mass is 79.9. The van der Waals surface area contributed by atoms with Crippen LogP contribution in [0, 0.1) is 0 Å². The summed E-state index contributed by atoms with van der Waals surface area (Å²) >= 11 is 3.19. The maximum atomic E-state index is 12.4. The summed E-state index contributed by atoms with van der Waals surface area (Å²) in [7, 11) is 3.12. The largest absolute Gasteiger partial charge is 0.379 e. The zero-order valence-corrected chi connectivity index (χ0v) is 13.8. The van der Waals surface area contributed by atoms with Crippen molar-refractivity contribution in [3.63, 3.8) is 0 Å². The molecule has 0 N–H and O–H groups in total. The molecule has 1 heterocycles. The number of carbonyl (C=O) groups is 1. The van der Waals surface area contributed by atoms with Crippen molar-refractivity contribution in [3.05, 3.63) is 28.2 Å². The van der Waals surface area contributed by atoms with E-state index in [-0.39, 0.29) is 22.4 Å². The number of carbonyl (C=O) groups excluding carboxylic acids is 1. The topological polar surface area (TPSA) is 63.7 Å². The minimum atomic E-state index is -3.88. The molecule has 0 bridgehead atoms. The van der Waals surface area contributed by atoms with Gasteiger partial charge in [0, 0.05) is 34.4 Å². The van der Waals surface area contributed by atoms with Crippen LogP contribution in [0.3, 0.4) is 0 Å². The summed E-state index contributed by atoms with van der Waals surface area (Å²) in [5.41, 5.74) is 0.271. The quantitative estimate of drug-likeness (QED) is 0.752. The number of hydrogen-bond donors (Lipinski definition) is 0. The predicted octanol–water partition coefficient (Wildman–Crippen LogP) is 2.24. The molecule has 1 aliphatic heterocycles. The second-order valence-corrected chi connectivity index (χ2v) is 8.03. The molecule has 0 spiro atoms. The fraction of sp³-hybridized carbons (Fsp3) is 0.417. The summed E-state index contributed by atoms with van der Waals surface area (Å²) in [4.78, 5) is 13.8. The smallest absolute Gasteiger partial charge is 0.261 e. The van der Waals surface area contributed by atoms with Gasteiger partial charge in [-0.25, -0.2) is 8.42 Å². The molecular weight excluding hydrogens is 370 g/mol. The van der Waals surface area contributed by atoms with E-state index in [2.05, 4.69) is 15.9 Å². The molecule has 0 saturated carbocycles. The summed E-state index contributed by atoms with van der Waals surface area (Å²) in [5, 5.41) is 0. The lowest BCUT2D eigenvalue weighted by Gasteiger charge is -2.23. The van der Waals surface area contributed by atoms with Crippen molar-refractivity contribution < 1.29 is 17.9 Å². The number of amides is 1. The van der Waals surface area contributed by atoms with Crippen molar-refractivity contribution >= 4 is 41.6 Å². The highest BCUT2D eigenvalue weighted by Crippen LogP contribution is 2.24. The molecular formula is C12H13BrClNO4S. The number of halogens is 2. The van der Waals surface area contributed by atoms with Gasteiger partial charge in [0.05, 0.1) is 17.5 Å². The highest BCUT2D eigenvalue weighted by molar-refractivity contribution is 9.10. The van der Waals surface area contributed by atoms with Gasteiger partial charge in [0.1, 0.15) is 0 Å². The lowest BCUT2D eigenvalue weighted by atomic mass is 10.1. The van der Waals surface area contributed by atoms with Gasteiger partial charge in [0.15, 0.2) is 0 Å². The van der Waals surface area contributed by atoms with E-state index in [0.717, 1.165) is 6.42 Å². The molecule has 1 atom stereocenters. The Balaban J connectivity index is 2.32. The zero-order valence-electron chi connectivity index (χ0n) is 10.7. The molecule has 0 aliphatic carbocycles. The van der Waals surface area contributed by atoms with E-state index in [4.69, 9.17) is 15.4 Å². The zero-order chi connectivity index (χ0) is 14.9. The number of hydrogen-bond acceptors (Lipinski definition) is 4. The molecule has 1 aromatic carbocycles. The lowest BCUT2D eigenvalue weighted by Crippen LogP contribution is -2.37. The molecule has 20 heavy (non-hydrogen) atoms. The van der Waals surface area contributed by atoms with Crippen molar-refractivity contribution in [2.45, 2.75) is 17.4 Å². The third kappa shape index (κ3) is 3.52. The molecule has 110 valence electrons. The Hall–Kier alpha value is -0.630.